The highest BCUT2D eigenvalue weighted by atomic mass is 35.5. The molecule has 108 valence electrons. The second kappa shape index (κ2) is 6.86. The van der Waals surface area contributed by atoms with Crippen molar-refractivity contribution in [2.45, 2.75) is 46.8 Å². The molecule has 0 saturated heterocycles. The molecule has 2 aromatic heterocycles. The molecule has 0 aliphatic heterocycles. The van der Waals surface area contributed by atoms with Crippen LogP contribution in [0.4, 0.5) is 0 Å². The smallest absolute Gasteiger partial charge is 0.0863 e. The van der Waals surface area contributed by atoms with E-state index in [1.807, 2.05) is 23.1 Å². The van der Waals surface area contributed by atoms with Gasteiger partial charge in [0.15, 0.2) is 0 Å². The van der Waals surface area contributed by atoms with Gasteiger partial charge in [-0.15, -0.1) is 0 Å². The molecule has 0 fully saturated rings. The predicted molar refractivity (Wildman–Crippen MR) is 81.8 cm³/mol. The SMILES string of the molecule is CCc1nn(CC)c(CNCc2cnccc2C)c1Cl. The number of hydrogen-bond acceptors (Lipinski definition) is 3. The number of nitrogens with one attached hydrogen (secondary N) is 1. The van der Waals surface area contributed by atoms with Crippen molar-refractivity contribution in [1.29, 1.82) is 0 Å². The number of halogens is 1. The third kappa shape index (κ3) is 3.19. The summed E-state index contributed by atoms with van der Waals surface area (Å²) >= 11 is 6.39. The third-order valence-corrected chi connectivity index (χ3v) is 3.89. The van der Waals surface area contributed by atoms with Gasteiger partial charge in [-0.05, 0) is 37.5 Å². The summed E-state index contributed by atoms with van der Waals surface area (Å²) in [5.74, 6) is 0. The lowest BCUT2D eigenvalue weighted by molar-refractivity contribution is 0.577. The van der Waals surface area contributed by atoms with E-state index in [1.165, 1.54) is 11.1 Å². The van der Waals surface area contributed by atoms with Gasteiger partial charge >= 0.3 is 0 Å². The number of aromatic nitrogens is 3. The lowest BCUT2D eigenvalue weighted by atomic mass is 10.1. The van der Waals surface area contributed by atoms with E-state index in [0.29, 0.717) is 6.54 Å². The van der Waals surface area contributed by atoms with Crippen molar-refractivity contribution in [3.05, 3.63) is 46.0 Å². The Morgan fingerprint density at radius 3 is 2.75 bits per heavy atom. The van der Waals surface area contributed by atoms with E-state index in [4.69, 9.17) is 11.6 Å². The molecule has 0 aromatic carbocycles. The first-order valence-electron chi connectivity index (χ1n) is 7.01. The Morgan fingerprint density at radius 2 is 2.10 bits per heavy atom. The zero-order valence-electron chi connectivity index (χ0n) is 12.3. The van der Waals surface area contributed by atoms with Crippen LogP contribution in [0.15, 0.2) is 18.5 Å². The van der Waals surface area contributed by atoms with Crippen molar-refractivity contribution in [3.8, 4) is 0 Å². The van der Waals surface area contributed by atoms with Gasteiger partial charge in [0.05, 0.1) is 16.4 Å². The first kappa shape index (κ1) is 15.0. The Kier molecular flexibility index (Phi) is 5.15. The fourth-order valence-corrected chi connectivity index (χ4v) is 2.52. The molecule has 0 aliphatic rings. The molecule has 0 radical (unpaired) electrons. The highest BCUT2D eigenvalue weighted by Crippen LogP contribution is 2.21. The van der Waals surface area contributed by atoms with Gasteiger partial charge in [-0.3, -0.25) is 9.67 Å². The zero-order valence-corrected chi connectivity index (χ0v) is 13.0. The zero-order chi connectivity index (χ0) is 14.5. The van der Waals surface area contributed by atoms with E-state index >= 15 is 0 Å². The maximum Gasteiger partial charge on any atom is 0.0863 e. The number of hydrogen-bond donors (Lipinski definition) is 1. The molecule has 2 aromatic rings. The van der Waals surface area contributed by atoms with Crippen LogP contribution in [0.25, 0.3) is 0 Å². The lowest BCUT2D eigenvalue weighted by Crippen LogP contribution is -2.17. The van der Waals surface area contributed by atoms with Crippen LogP contribution in [0, 0.1) is 6.92 Å². The van der Waals surface area contributed by atoms with Crippen LogP contribution in [0.3, 0.4) is 0 Å². The van der Waals surface area contributed by atoms with E-state index in [1.54, 1.807) is 0 Å². The number of rotatable bonds is 6. The summed E-state index contributed by atoms with van der Waals surface area (Å²) < 4.78 is 1.98. The summed E-state index contributed by atoms with van der Waals surface area (Å²) in [7, 11) is 0. The van der Waals surface area contributed by atoms with Crippen molar-refractivity contribution in [3.63, 3.8) is 0 Å². The van der Waals surface area contributed by atoms with Crippen molar-refractivity contribution in [1.82, 2.24) is 20.1 Å². The highest BCUT2D eigenvalue weighted by molar-refractivity contribution is 6.31. The van der Waals surface area contributed by atoms with Gasteiger partial charge in [0.25, 0.3) is 0 Å². The van der Waals surface area contributed by atoms with Crippen molar-refractivity contribution >= 4 is 11.6 Å². The second-order valence-electron chi connectivity index (χ2n) is 4.78. The molecule has 0 aliphatic carbocycles. The normalized spacial score (nSPS) is 11.0. The number of aryl methyl sites for hydroxylation is 3. The molecule has 2 rings (SSSR count). The summed E-state index contributed by atoms with van der Waals surface area (Å²) in [5, 5.41) is 8.74. The van der Waals surface area contributed by atoms with E-state index in [0.717, 1.165) is 35.9 Å². The average molecular weight is 293 g/mol. The van der Waals surface area contributed by atoms with Gasteiger partial charge in [-0.1, -0.05) is 18.5 Å². The Labute approximate surface area is 125 Å². The largest absolute Gasteiger partial charge is 0.307 e. The molecule has 0 saturated carbocycles. The minimum absolute atomic E-state index is 0.716. The topological polar surface area (TPSA) is 42.7 Å². The predicted octanol–water partition coefficient (Wildman–Crippen LogP) is 3.11. The van der Waals surface area contributed by atoms with Crippen LogP contribution >= 0.6 is 11.6 Å². The fourth-order valence-electron chi connectivity index (χ4n) is 2.18. The molecule has 0 amide bonds. The molecule has 4 nitrogen and oxygen atoms in total. The molecule has 5 heteroatoms. The molecule has 0 atom stereocenters. The maximum absolute atomic E-state index is 6.39. The van der Waals surface area contributed by atoms with Gasteiger partial charge < -0.3 is 5.32 Å². The first-order valence-corrected chi connectivity index (χ1v) is 7.39. The molecule has 0 spiro atoms. The first-order chi connectivity index (χ1) is 9.67. The van der Waals surface area contributed by atoms with Crippen molar-refractivity contribution in [2.24, 2.45) is 0 Å². The Balaban J connectivity index is 2.04. The van der Waals surface area contributed by atoms with Gasteiger partial charge in [0.1, 0.15) is 0 Å². The van der Waals surface area contributed by atoms with Gasteiger partial charge in [0.2, 0.25) is 0 Å². The summed E-state index contributed by atoms with van der Waals surface area (Å²) in [6.45, 7) is 8.59. The van der Waals surface area contributed by atoms with E-state index < -0.39 is 0 Å². The van der Waals surface area contributed by atoms with Crippen LogP contribution in [0.1, 0.15) is 36.4 Å². The van der Waals surface area contributed by atoms with E-state index in [9.17, 15) is 0 Å². The monoisotopic (exact) mass is 292 g/mol. The number of pyridine rings is 1. The fraction of sp³-hybridized carbons (Fsp3) is 0.467. The molecule has 1 N–H and O–H groups in total. The minimum Gasteiger partial charge on any atom is -0.307 e. The molecular weight excluding hydrogens is 272 g/mol. The lowest BCUT2D eigenvalue weighted by Gasteiger charge is -2.09. The third-order valence-electron chi connectivity index (χ3n) is 3.45. The van der Waals surface area contributed by atoms with Crippen LogP contribution in [0.2, 0.25) is 5.02 Å². The van der Waals surface area contributed by atoms with Gasteiger partial charge in [0, 0.05) is 32.0 Å². The van der Waals surface area contributed by atoms with Crippen molar-refractivity contribution in [2.75, 3.05) is 0 Å². The van der Waals surface area contributed by atoms with E-state index in [2.05, 4.69) is 36.2 Å². The van der Waals surface area contributed by atoms with Crippen LogP contribution < -0.4 is 5.32 Å². The van der Waals surface area contributed by atoms with Gasteiger partial charge in [-0.2, -0.15) is 5.10 Å². The minimum atomic E-state index is 0.716. The standard InChI is InChI=1S/C15H21ClN4/c1-4-13-15(16)14(20(5-2)19-13)10-18-9-12-8-17-7-6-11(12)3/h6-8,18H,4-5,9-10H2,1-3H3. The average Bonchev–Trinajstić information content (AvgIpc) is 2.77. The highest BCUT2D eigenvalue weighted by Gasteiger charge is 2.13. The Hall–Kier alpha value is -1.39. The van der Waals surface area contributed by atoms with Crippen LogP contribution in [0.5, 0.6) is 0 Å². The Bertz CT molecular complexity index is 577. The van der Waals surface area contributed by atoms with Crippen LogP contribution in [-0.4, -0.2) is 14.8 Å². The molecule has 0 unspecified atom stereocenters. The molecular formula is C15H21ClN4. The summed E-state index contributed by atoms with van der Waals surface area (Å²) in [6, 6.07) is 2.02. The molecule has 0 bridgehead atoms. The van der Waals surface area contributed by atoms with E-state index in [-0.39, 0.29) is 0 Å². The quantitative estimate of drug-likeness (QED) is 0.889. The summed E-state index contributed by atoms with van der Waals surface area (Å²) in [4.78, 5) is 4.16. The molecule has 2 heterocycles. The van der Waals surface area contributed by atoms with Crippen molar-refractivity contribution < 1.29 is 0 Å². The van der Waals surface area contributed by atoms with Gasteiger partial charge in [-0.25, -0.2) is 0 Å². The second-order valence-corrected chi connectivity index (χ2v) is 5.16. The Morgan fingerprint density at radius 1 is 1.30 bits per heavy atom. The molecule has 20 heavy (non-hydrogen) atoms. The van der Waals surface area contributed by atoms with Crippen LogP contribution in [-0.2, 0) is 26.1 Å². The maximum atomic E-state index is 6.39. The summed E-state index contributed by atoms with van der Waals surface area (Å²) in [5.41, 5.74) is 4.49. The summed E-state index contributed by atoms with van der Waals surface area (Å²) in [6.07, 6.45) is 4.58. The number of nitrogens with zero attached hydrogens (tertiary/aromatic N) is 3.